The van der Waals surface area contributed by atoms with E-state index >= 15 is 0 Å². The number of aliphatic hydroxyl groups excluding tert-OH is 1. The summed E-state index contributed by atoms with van der Waals surface area (Å²) >= 11 is 1.74. The first-order chi connectivity index (χ1) is 10.9. The smallest absolute Gasteiger partial charge is 0.0695 e. The summed E-state index contributed by atoms with van der Waals surface area (Å²) in [5.41, 5.74) is 3.33. The minimum atomic E-state index is 0.157. The van der Waals surface area contributed by atoms with Gasteiger partial charge in [0.2, 0.25) is 0 Å². The Morgan fingerprint density at radius 3 is 2.68 bits per heavy atom. The van der Waals surface area contributed by atoms with Crippen LogP contribution in [0.25, 0.3) is 11.3 Å². The average molecular weight is 313 g/mol. The molecule has 0 saturated carbocycles. The van der Waals surface area contributed by atoms with E-state index in [9.17, 15) is 5.11 Å². The molecule has 4 nitrogen and oxygen atoms in total. The van der Waals surface area contributed by atoms with Crippen molar-refractivity contribution in [1.29, 1.82) is 0 Å². The number of aromatic nitrogens is 2. The van der Waals surface area contributed by atoms with Crippen LogP contribution >= 0.6 is 11.3 Å². The molecular formula is C17H19N3OS. The molecule has 0 amide bonds. The van der Waals surface area contributed by atoms with Crippen molar-refractivity contribution in [2.24, 2.45) is 0 Å². The highest BCUT2D eigenvalue weighted by atomic mass is 32.1. The van der Waals surface area contributed by atoms with Gasteiger partial charge in [-0.25, -0.2) is 0 Å². The van der Waals surface area contributed by atoms with Gasteiger partial charge >= 0.3 is 0 Å². The van der Waals surface area contributed by atoms with Crippen LogP contribution in [0, 0.1) is 0 Å². The molecule has 2 heterocycles. The summed E-state index contributed by atoms with van der Waals surface area (Å²) in [5.74, 6) is 0. The van der Waals surface area contributed by atoms with Crippen LogP contribution in [0.4, 0.5) is 0 Å². The lowest BCUT2D eigenvalue weighted by molar-refractivity contribution is 0.185. The van der Waals surface area contributed by atoms with Gasteiger partial charge in [-0.05, 0) is 17.0 Å². The maximum atomic E-state index is 9.32. The largest absolute Gasteiger partial charge is 0.395 e. The van der Waals surface area contributed by atoms with Crippen LogP contribution in [0.15, 0.2) is 54.0 Å². The molecule has 22 heavy (non-hydrogen) atoms. The molecule has 1 aromatic carbocycles. The van der Waals surface area contributed by atoms with Gasteiger partial charge in [0.05, 0.1) is 18.5 Å². The summed E-state index contributed by atoms with van der Waals surface area (Å²) < 4.78 is 0. The van der Waals surface area contributed by atoms with E-state index in [0.717, 1.165) is 29.9 Å². The van der Waals surface area contributed by atoms with Crippen molar-refractivity contribution in [3.8, 4) is 11.3 Å². The summed E-state index contributed by atoms with van der Waals surface area (Å²) in [7, 11) is 0. The fraction of sp³-hybridized carbons (Fsp3) is 0.235. The summed E-state index contributed by atoms with van der Waals surface area (Å²) in [6, 6.07) is 14.4. The zero-order valence-corrected chi connectivity index (χ0v) is 13.1. The van der Waals surface area contributed by atoms with Gasteiger partial charge in [-0.2, -0.15) is 5.10 Å². The van der Waals surface area contributed by atoms with E-state index in [1.54, 1.807) is 11.3 Å². The minimum absolute atomic E-state index is 0.157. The normalized spacial score (nSPS) is 11.2. The van der Waals surface area contributed by atoms with E-state index in [-0.39, 0.29) is 6.61 Å². The molecule has 0 aliphatic heterocycles. The zero-order chi connectivity index (χ0) is 15.2. The number of nitrogens with zero attached hydrogens (tertiary/aromatic N) is 2. The van der Waals surface area contributed by atoms with Gasteiger partial charge in [-0.15, -0.1) is 11.3 Å². The lowest BCUT2D eigenvalue weighted by Crippen LogP contribution is -2.25. The molecular weight excluding hydrogens is 294 g/mol. The molecule has 2 N–H and O–H groups in total. The number of benzene rings is 1. The highest BCUT2D eigenvalue weighted by Gasteiger charge is 2.13. The number of aliphatic hydroxyl groups is 1. The molecule has 5 heteroatoms. The molecule has 0 fully saturated rings. The molecule has 0 aliphatic carbocycles. The van der Waals surface area contributed by atoms with E-state index in [1.165, 1.54) is 4.88 Å². The SMILES string of the molecule is OCCN(Cc1cccs1)Cc1cn[nH]c1-c1ccccc1. The van der Waals surface area contributed by atoms with Gasteiger partial charge in [0.1, 0.15) is 0 Å². The monoisotopic (exact) mass is 313 g/mol. The maximum Gasteiger partial charge on any atom is 0.0695 e. The second-order valence-corrected chi connectivity index (χ2v) is 6.18. The van der Waals surface area contributed by atoms with E-state index in [0.29, 0.717) is 6.54 Å². The van der Waals surface area contributed by atoms with Gasteiger partial charge in [0.15, 0.2) is 0 Å². The Morgan fingerprint density at radius 2 is 1.95 bits per heavy atom. The predicted octanol–water partition coefficient (Wildman–Crippen LogP) is 3.13. The molecule has 0 spiro atoms. The third kappa shape index (κ3) is 3.62. The lowest BCUT2D eigenvalue weighted by atomic mass is 10.1. The van der Waals surface area contributed by atoms with Crippen molar-refractivity contribution < 1.29 is 5.11 Å². The number of thiophene rings is 1. The molecule has 0 saturated heterocycles. The molecule has 0 bridgehead atoms. The van der Waals surface area contributed by atoms with E-state index < -0.39 is 0 Å². The first kappa shape index (κ1) is 15.0. The Morgan fingerprint density at radius 1 is 1.09 bits per heavy atom. The molecule has 2 aromatic heterocycles. The number of nitrogens with one attached hydrogen (secondary N) is 1. The van der Waals surface area contributed by atoms with Crippen molar-refractivity contribution in [3.05, 3.63) is 64.5 Å². The summed E-state index contributed by atoms with van der Waals surface area (Å²) in [4.78, 5) is 3.54. The molecule has 114 valence electrons. The zero-order valence-electron chi connectivity index (χ0n) is 12.3. The van der Waals surface area contributed by atoms with Crippen molar-refractivity contribution in [3.63, 3.8) is 0 Å². The van der Waals surface area contributed by atoms with Crippen LogP contribution in [-0.2, 0) is 13.1 Å². The topological polar surface area (TPSA) is 52.1 Å². The maximum absolute atomic E-state index is 9.32. The fourth-order valence-electron chi connectivity index (χ4n) is 2.51. The summed E-state index contributed by atoms with van der Waals surface area (Å²) in [6.45, 7) is 2.41. The van der Waals surface area contributed by atoms with Crippen LogP contribution < -0.4 is 0 Å². The van der Waals surface area contributed by atoms with Crippen LogP contribution in [-0.4, -0.2) is 33.4 Å². The fourth-order valence-corrected chi connectivity index (χ4v) is 3.25. The number of aromatic amines is 1. The van der Waals surface area contributed by atoms with Crippen molar-refractivity contribution in [2.75, 3.05) is 13.2 Å². The Hall–Kier alpha value is -1.95. The van der Waals surface area contributed by atoms with Crippen molar-refractivity contribution in [2.45, 2.75) is 13.1 Å². The second-order valence-electron chi connectivity index (χ2n) is 5.15. The Bertz CT molecular complexity index is 679. The van der Waals surface area contributed by atoms with Gasteiger partial charge < -0.3 is 5.11 Å². The number of rotatable bonds is 7. The first-order valence-electron chi connectivity index (χ1n) is 7.30. The number of hydrogen-bond donors (Lipinski definition) is 2. The summed E-state index contributed by atoms with van der Waals surface area (Å²) in [6.07, 6.45) is 1.88. The van der Waals surface area contributed by atoms with Crippen LogP contribution in [0.1, 0.15) is 10.4 Å². The van der Waals surface area contributed by atoms with Crippen LogP contribution in [0.3, 0.4) is 0 Å². The third-order valence-corrected chi connectivity index (χ3v) is 4.41. The lowest BCUT2D eigenvalue weighted by Gasteiger charge is -2.20. The highest BCUT2D eigenvalue weighted by Crippen LogP contribution is 2.23. The first-order valence-corrected chi connectivity index (χ1v) is 8.18. The molecule has 3 aromatic rings. The molecule has 0 unspecified atom stereocenters. The van der Waals surface area contributed by atoms with Crippen molar-refractivity contribution >= 4 is 11.3 Å². The Labute approximate surface area is 134 Å². The second kappa shape index (κ2) is 7.35. The molecule has 3 rings (SSSR count). The van der Waals surface area contributed by atoms with Gasteiger partial charge in [0, 0.05) is 30.1 Å². The minimum Gasteiger partial charge on any atom is -0.395 e. The van der Waals surface area contributed by atoms with Crippen LogP contribution in [0.5, 0.6) is 0 Å². The van der Waals surface area contributed by atoms with E-state index in [1.807, 2.05) is 24.4 Å². The quantitative estimate of drug-likeness (QED) is 0.704. The predicted molar refractivity (Wildman–Crippen MR) is 89.5 cm³/mol. The van der Waals surface area contributed by atoms with Gasteiger partial charge in [-0.3, -0.25) is 10.00 Å². The van der Waals surface area contributed by atoms with Gasteiger partial charge in [-0.1, -0.05) is 36.4 Å². The van der Waals surface area contributed by atoms with Crippen molar-refractivity contribution in [1.82, 2.24) is 15.1 Å². The van der Waals surface area contributed by atoms with Gasteiger partial charge in [0.25, 0.3) is 0 Å². The van der Waals surface area contributed by atoms with E-state index in [4.69, 9.17) is 0 Å². The van der Waals surface area contributed by atoms with Crippen LogP contribution in [0.2, 0.25) is 0 Å². The third-order valence-electron chi connectivity index (χ3n) is 3.55. The molecule has 0 atom stereocenters. The number of H-pyrrole nitrogens is 1. The molecule has 0 aliphatic rings. The average Bonchev–Trinajstić information content (AvgIpc) is 3.20. The molecule has 0 radical (unpaired) electrons. The summed E-state index contributed by atoms with van der Waals surface area (Å²) in [5, 5.41) is 18.7. The Kier molecular flexibility index (Phi) is 5.00. The number of hydrogen-bond acceptors (Lipinski definition) is 4. The Balaban J connectivity index is 1.77. The van der Waals surface area contributed by atoms with E-state index in [2.05, 4.69) is 44.7 Å². The highest BCUT2D eigenvalue weighted by molar-refractivity contribution is 7.09. The standard InChI is InChI=1S/C17H19N3OS/c21-9-8-20(13-16-7-4-10-22-16)12-15-11-18-19-17(15)14-5-2-1-3-6-14/h1-7,10-11,21H,8-9,12-13H2,(H,18,19).